The largest absolute Gasteiger partial charge is 0.488 e. The van der Waals surface area contributed by atoms with Crippen LogP contribution in [-0.2, 0) is 16.1 Å². The van der Waals surface area contributed by atoms with Gasteiger partial charge in [0, 0.05) is 31.8 Å². The van der Waals surface area contributed by atoms with Gasteiger partial charge in [-0.1, -0.05) is 44.2 Å². The Bertz CT molecular complexity index is 1230. The molecule has 1 aliphatic heterocycles. The van der Waals surface area contributed by atoms with Crippen molar-refractivity contribution in [3.8, 4) is 11.5 Å². The monoisotopic (exact) mass is 533 g/mol. The van der Waals surface area contributed by atoms with Crippen molar-refractivity contribution in [3.05, 3.63) is 77.5 Å². The van der Waals surface area contributed by atoms with Gasteiger partial charge in [0.15, 0.2) is 6.79 Å². The fourth-order valence-electron chi connectivity index (χ4n) is 4.01. The van der Waals surface area contributed by atoms with Crippen LogP contribution in [0.15, 0.2) is 65.9 Å². The molecule has 10 heteroatoms. The Hall–Kier alpha value is -4.15. The smallest absolute Gasteiger partial charge is 0.339 e. The lowest BCUT2D eigenvalue weighted by Crippen LogP contribution is -2.36. The molecular weight excluding hydrogens is 498 g/mol. The van der Waals surface area contributed by atoms with Crippen LogP contribution in [0.2, 0.25) is 0 Å². The first-order valence-corrected chi connectivity index (χ1v) is 12.9. The van der Waals surface area contributed by atoms with E-state index < -0.39 is 6.03 Å². The van der Waals surface area contributed by atoms with Crippen molar-refractivity contribution in [2.75, 3.05) is 50.4 Å². The van der Waals surface area contributed by atoms with E-state index in [9.17, 15) is 4.79 Å². The quantitative estimate of drug-likeness (QED) is 0.208. The van der Waals surface area contributed by atoms with E-state index in [1.54, 1.807) is 19.5 Å². The van der Waals surface area contributed by atoms with Crippen molar-refractivity contribution < 1.29 is 23.7 Å². The molecule has 0 spiro atoms. The van der Waals surface area contributed by atoms with Gasteiger partial charge >= 0.3 is 6.03 Å². The molecule has 0 saturated carbocycles. The minimum absolute atomic E-state index is 0.120. The summed E-state index contributed by atoms with van der Waals surface area (Å²) < 4.78 is 22.4. The Morgan fingerprint density at radius 3 is 2.59 bits per heavy atom. The van der Waals surface area contributed by atoms with Crippen LogP contribution in [0.5, 0.6) is 11.5 Å². The first kappa shape index (κ1) is 27.9. The summed E-state index contributed by atoms with van der Waals surface area (Å²) in [6.07, 6.45) is 3.18. The Balaban J connectivity index is 1.44. The molecule has 4 rings (SSSR count). The Labute approximate surface area is 228 Å². The summed E-state index contributed by atoms with van der Waals surface area (Å²) in [5, 5.41) is 6.91. The zero-order valence-electron chi connectivity index (χ0n) is 22.6. The second-order valence-corrected chi connectivity index (χ2v) is 9.24. The van der Waals surface area contributed by atoms with E-state index in [0.717, 1.165) is 30.0 Å². The van der Waals surface area contributed by atoms with Gasteiger partial charge < -0.3 is 29.2 Å². The lowest BCUT2D eigenvalue weighted by atomic mass is 9.99. The fraction of sp³-hybridized carbons (Fsp3) is 0.345. The number of amides is 2. The van der Waals surface area contributed by atoms with E-state index in [0.29, 0.717) is 42.6 Å². The lowest BCUT2D eigenvalue weighted by molar-refractivity contribution is 0.0500. The van der Waals surface area contributed by atoms with Crippen molar-refractivity contribution in [2.45, 2.75) is 26.4 Å². The predicted molar refractivity (Wildman–Crippen MR) is 151 cm³/mol. The normalized spacial score (nSPS) is 13.5. The van der Waals surface area contributed by atoms with Gasteiger partial charge in [0.05, 0.1) is 31.3 Å². The van der Waals surface area contributed by atoms with Gasteiger partial charge in [0.2, 0.25) is 0 Å². The highest BCUT2D eigenvalue weighted by atomic mass is 16.7. The zero-order valence-corrected chi connectivity index (χ0v) is 22.6. The highest BCUT2D eigenvalue weighted by Gasteiger charge is 2.15. The molecule has 2 N–H and O–H groups in total. The minimum Gasteiger partial charge on any atom is -0.488 e. The number of pyridine rings is 1. The molecule has 0 radical (unpaired) electrons. The molecule has 1 aliphatic rings. The molecule has 1 aromatic heterocycles. The average Bonchev–Trinajstić information content (AvgIpc) is 2.96. The molecule has 0 bridgehead atoms. The summed E-state index contributed by atoms with van der Waals surface area (Å²) in [6.45, 7) is 7.59. The zero-order chi connectivity index (χ0) is 27.5. The Morgan fingerprint density at radius 1 is 1.10 bits per heavy atom. The first-order chi connectivity index (χ1) is 19.0. The van der Waals surface area contributed by atoms with Crippen LogP contribution in [0.1, 0.15) is 36.5 Å². The highest BCUT2D eigenvalue weighted by Crippen LogP contribution is 2.34. The van der Waals surface area contributed by atoms with Gasteiger partial charge in [0.1, 0.15) is 23.9 Å². The number of rotatable bonds is 11. The molecule has 0 unspecified atom stereocenters. The number of methoxy groups -OCH3 is 1. The molecule has 3 aromatic rings. The molecule has 39 heavy (non-hydrogen) atoms. The van der Waals surface area contributed by atoms with Crippen molar-refractivity contribution in [3.63, 3.8) is 0 Å². The summed E-state index contributed by atoms with van der Waals surface area (Å²) >= 11 is 0. The molecule has 2 heterocycles. The van der Waals surface area contributed by atoms with E-state index in [2.05, 4.69) is 39.6 Å². The number of urea groups is 1. The Kier molecular flexibility index (Phi) is 10.1. The number of carbonyl (C=O) groups excluding carboxylic acids is 1. The number of nitrogens with one attached hydrogen (secondary N) is 2. The third kappa shape index (κ3) is 8.17. The van der Waals surface area contributed by atoms with Crippen LogP contribution in [-0.4, -0.2) is 57.4 Å². The van der Waals surface area contributed by atoms with Crippen LogP contribution in [0.25, 0.3) is 0 Å². The van der Waals surface area contributed by atoms with Crippen molar-refractivity contribution >= 4 is 23.8 Å². The van der Waals surface area contributed by atoms with E-state index in [1.165, 1.54) is 0 Å². The first-order valence-electron chi connectivity index (χ1n) is 12.9. The number of aromatic nitrogens is 1. The maximum absolute atomic E-state index is 12.5. The van der Waals surface area contributed by atoms with Crippen molar-refractivity contribution in [2.24, 2.45) is 5.10 Å². The van der Waals surface area contributed by atoms with Crippen LogP contribution < -0.4 is 25.1 Å². The van der Waals surface area contributed by atoms with Gasteiger partial charge in [0.25, 0.3) is 0 Å². The molecule has 0 atom stereocenters. The number of morpholine rings is 1. The fourth-order valence-corrected chi connectivity index (χ4v) is 4.01. The average molecular weight is 534 g/mol. The molecule has 10 nitrogen and oxygen atoms in total. The van der Waals surface area contributed by atoms with E-state index >= 15 is 0 Å². The summed E-state index contributed by atoms with van der Waals surface area (Å²) in [5.74, 6) is 2.27. The van der Waals surface area contributed by atoms with Gasteiger partial charge in [-0.05, 0) is 35.2 Å². The summed E-state index contributed by atoms with van der Waals surface area (Å²) in [4.78, 5) is 19.1. The van der Waals surface area contributed by atoms with Crippen LogP contribution in [0.3, 0.4) is 0 Å². The van der Waals surface area contributed by atoms with Crippen LogP contribution in [0, 0.1) is 0 Å². The second kappa shape index (κ2) is 14.1. The maximum Gasteiger partial charge on any atom is 0.339 e. The Morgan fingerprint density at radius 2 is 1.90 bits per heavy atom. The SMILES string of the molecule is COCOc1cc(OCc2ccccc2)c(/C=N/NC(=O)Nc2ccc(N3CCOCC3)nc2)cc1C(C)C. The number of anilines is 2. The molecule has 2 aromatic carbocycles. The van der Waals surface area contributed by atoms with E-state index in [4.69, 9.17) is 18.9 Å². The lowest BCUT2D eigenvalue weighted by Gasteiger charge is -2.27. The summed E-state index contributed by atoms with van der Waals surface area (Å²) in [5.41, 5.74) is 5.78. The third-order valence-electron chi connectivity index (χ3n) is 6.04. The molecule has 206 valence electrons. The van der Waals surface area contributed by atoms with Crippen LogP contribution >= 0.6 is 0 Å². The van der Waals surface area contributed by atoms with E-state index in [1.807, 2.05) is 54.6 Å². The number of hydrazone groups is 1. The molecule has 0 aliphatic carbocycles. The maximum atomic E-state index is 12.5. The standard InChI is InChI=1S/C29H35N5O5/c1-21(2)25-15-23(26(16-27(25)39-20-36-3)38-19-22-7-5-4-6-8-22)17-31-33-29(35)32-24-9-10-28(30-18-24)34-11-13-37-14-12-34/h4-10,15-18,21H,11-14,19-20H2,1-3H3,(H2,32,33,35)/b31-17+. The minimum atomic E-state index is -0.483. The number of nitrogens with zero attached hydrogens (tertiary/aromatic N) is 3. The van der Waals surface area contributed by atoms with Gasteiger partial charge in [-0.2, -0.15) is 5.10 Å². The van der Waals surface area contributed by atoms with E-state index in [-0.39, 0.29) is 12.7 Å². The summed E-state index contributed by atoms with van der Waals surface area (Å²) in [6, 6.07) is 16.9. The van der Waals surface area contributed by atoms with Gasteiger partial charge in [-0.3, -0.25) is 0 Å². The number of hydrogen-bond acceptors (Lipinski definition) is 8. The third-order valence-corrected chi connectivity index (χ3v) is 6.04. The number of hydrogen-bond donors (Lipinski definition) is 2. The van der Waals surface area contributed by atoms with Crippen LogP contribution in [0.4, 0.5) is 16.3 Å². The van der Waals surface area contributed by atoms with Gasteiger partial charge in [-0.15, -0.1) is 0 Å². The molecule has 1 saturated heterocycles. The topological polar surface area (TPSA) is 107 Å². The van der Waals surface area contributed by atoms with Crippen molar-refractivity contribution in [1.82, 2.24) is 10.4 Å². The summed E-state index contributed by atoms with van der Waals surface area (Å²) in [7, 11) is 1.58. The number of ether oxygens (including phenoxy) is 4. The molecular formula is C29H35N5O5. The highest BCUT2D eigenvalue weighted by molar-refractivity contribution is 5.91. The molecule has 1 fully saturated rings. The predicted octanol–water partition coefficient (Wildman–Crippen LogP) is 4.76. The molecule has 2 amide bonds. The second-order valence-electron chi connectivity index (χ2n) is 9.24. The number of benzene rings is 2. The number of carbonyl (C=O) groups is 1. The van der Waals surface area contributed by atoms with Crippen molar-refractivity contribution in [1.29, 1.82) is 0 Å². The van der Waals surface area contributed by atoms with Gasteiger partial charge in [-0.25, -0.2) is 15.2 Å².